The summed E-state index contributed by atoms with van der Waals surface area (Å²) in [7, 11) is 0. The van der Waals surface area contributed by atoms with Gasteiger partial charge in [0.05, 0.1) is 0 Å². The van der Waals surface area contributed by atoms with Crippen LogP contribution < -0.4 is 0 Å². The van der Waals surface area contributed by atoms with Crippen molar-refractivity contribution >= 4 is 0 Å². The summed E-state index contributed by atoms with van der Waals surface area (Å²) >= 11 is 0. The van der Waals surface area contributed by atoms with Crippen molar-refractivity contribution in [2.45, 2.75) is 13.3 Å². The Balaban J connectivity index is 1.94. The van der Waals surface area contributed by atoms with Gasteiger partial charge in [-0.3, -0.25) is 4.57 Å². The van der Waals surface area contributed by atoms with E-state index in [9.17, 15) is 0 Å². The Bertz CT molecular complexity index is 643. The molecule has 3 aromatic rings. The molecule has 0 bridgehead atoms. The lowest BCUT2D eigenvalue weighted by atomic mass is 10.4. The molecule has 0 aliphatic heterocycles. The molecule has 0 spiro atoms. The molecule has 18 heavy (non-hydrogen) atoms. The lowest BCUT2D eigenvalue weighted by molar-refractivity contribution is 0.422. The molecule has 0 aliphatic rings. The summed E-state index contributed by atoms with van der Waals surface area (Å²) in [6.07, 6.45) is 5.96. The molecule has 0 atom stereocenters. The highest BCUT2D eigenvalue weighted by Crippen LogP contribution is 2.16. The van der Waals surface area contributed by atoms with Crippen LogP contribution in [0, 0.1) is 0 Å². The van der Waals surface area contributed by atoms with Gasteiger partial charge in [0.2, 0.25) is 0 Å². The first kappa shape index (κ1) is 10.6. The minimum Gasteiger partial charge on any atom is -0.332 e. The Labute approximate surface area is 103 Å². The van der Waals surface area contributed by atoms with E-state index in [4.69, 9.17) is 4.52 Å². The molecule has 0 unspecified atom stereocenters. The molecule has 0 amide bonds. The van der Waals surface area contributed by atoms with Crippen LogP contribution in [-0.4, -0.2) is 24.7 Å². The summed E-state index contributed by atoms with van der Waals surface area (Å²) in [6.45, 7) is 1.97. The van der Waals surface area contributed by atoms with Crippen LogP contribution in [0.15, 0.2) is 41.4 Å². The van der Waals surface area contributed by atoms with Crippen molar-refractivity contribution in [2.24, 2.45) is 0 Å². The van der Waals surface area contributed by atoms with E-state index in [1.54, 1.807) is 12.5 Å². The smallest absolute Gasteiger partial charge is 0.278 e. The molecular formula is C12H11N5O. The van der Waals surface area contributed by atoms with Crippen molar-refractivity contribution in [1.82, 2.24) is 24.7 Å². The van der Waals surface area contributed by atoms with Gasteiger partial charge in [-0.05, 0) is 12.1 Å². The zero-order chi connectivity index (χ0) is 12.4. The summed E-state index contributed by atoms with van der Waals surface area (Å²) in [5, 5.41) is 3.84. The average Bonchev–Trinajstić information content (AvgIpc) is 3.08. The molecule has 6 nitrogen and oxygen atoms in total. The molecular weight excluding hydrogens is 230 g/mol. The Morgan fingerprint density at radius 2 is 2.22 bits per heavy atom. The van der Waals surface area contributed by atoms with Crippen molar-refractivity contribution in [2.75, 3.05) is 0 Å². The summed E-state index contributed by atoms with van der Waals surface area (Å²) < 4.78 is 6.94. The second kappa shape index (κ2) is 4.40. The van der Waals surface area contributed by atoms with E-state index in [1.807, 2.05) is 35.9 Å². The predicted molar refractivity (Wildman–Crippen MR) is 64.0 cm³/mol. The van der Waals surface area contributed by atoms with Gasteiger partial charge in [0, 0.05) is 18.8 Å². The van der Waals surface area contributed by atoms with Crippen molar-refractivity contribution in [1.29, 1.82) is 0 Å². The standard InChI is InChI=1S/C12H11N5O/c1-2-10-15-12(18-16-10)9-7-17(8-14-9)11-5-3-4-6-13-11/h3-8H,2H2,1H3. The third-order valence-corrected chi connectivity index (χ3v) is 2.50. The van der Waals surface area contributed by atoms with Crippen molar-refractivity contribution in [3.63, 3.8) is 0 Å². The van der Waals surface area contributed by atoms with Gasteiger partial charge in [-0.1, -0.05) is 18.1 Å². The van der Waals surface area contributed by atoms with Crippen LogP contribution in [0.3, 0.4) is 0 Å². The Morgan fingerprint density at radius 3 is 2.94 bits per heavy atom. The van der Waals surface area contributed by atoms with E-state index in [1.165, 1.54) is 0 Å². The normalized spacial score (nSPS) is 10.7. The summed E-state index contributed by atoms with van der Waals surface area (Å²) in [5.41, 5.74) is 0.646. The molecule has 0 fully saturated rings. The molecule has 0 saturated carbocycles. The van der Waals surface area contributed by atoms with E-state index < -0.39 is 0 Å². The molecule has 6 heteroatoms. The number of aromatic nitrogens is 5. The van der Waals surface area contributed by atoms with Crippen LogP contribution in [0.2, 0.25) is 0 Å². The van der Waals surface area contributed by atoms with Gasteiger partial charge in [-0.2, -0.15) is 4.98 Å². The van der Waals surface area contributed by atoms with Gasteiger partial charge in [0.25, 0.3) is 5.89 Å². The summed E-state index contributed by atoms with van der Waals surface area (Å²) in [4.78, 5) is 12.7. The SMILES string of the molecule is CCc1noc(-c2cn(-c3ccccn3)cn2)n1. The fraction of sp³-hybridized carbons (Fsp3) is 0.167. The van der Waals surface area contributed by atoms with E-state index in [0.717, 1.165) is 12.2 Å². The third-order valence-electron chi connectivity index (χ3n) is 2.50. The Kier molecular flexibility index (Phi) is 2.60. The molecule has 0 N–H and O–H groups in total. The van der Waals surface area contributed by atoms with Crippen LogP contribution >= 0.6 is 0 Å². The number of imidazole rings is 1. The summed E-state index contributed by atoms with van der Waals surface area (Å²) in [5.74, 6) is 1.91. The van der Waals surface area contributed by atoms with E-state index in [0.29, 0.717) is 17.4 Å². The van der Waals surface area contributed by atoms with Crippen LogP contribution in [0.4, 0.5) is 0 Å². The quantitative estimate of drug-likeness (QED) is 0.700. The fourth-order valence-electron chi connectivity index (χ4n) is 1.57. The van der Waals surface area contributed by atoms with Gasteiger partial charge >= 0.3 is 0 Å². The first-order valence-corrected chi connectivity index (χ1v) is 5.65. The minimum atomic E-state index is 0.432. The number of nitrogens with zero attached hydrogens (tertiary/aromatic N) is 5. The minimum absolute atomic E-state index is 0.432. The third kappa shape index (κ3) is 1.88. The number of aryl methyl sites for hydroxylation is 1. The molecule has 3 rings (SSSR count). The topological polar surface area (TPSA) is 69.6 Å². The monoisotopic (exact) mass is 241 g/mol. The van der Waals surface area contributed by atoms with Crippen LogP contribution in [0.5, 0.6) is 0 Å². The number of pyridine rings is 1. The highest BCUT2D eigenvalue weighted by Gasteiger charge is 2.11. The van der Waals surface area contributed by atoms with Gasteiger partial charge in [0.15, 0.2) is 5.82 Å². The lowest BCUT2D eigenvalue weighted by Crippen LogP contribution is -1.92. The number of rotatable bonds is 3. The average molecular weight is 241 g/mol. The predicted octanol–water partition coefficient (Wildman–Crippen LogP) is 1.88. The molecule has 3 heterocycles. The van der Waals surface area contributed by atoms with Crippen molar-refractivity contribution < 1.29 is 4.52 Å². The van der Waals surface area contributed by atoms with Gasteiger partial charge in [-0.15, -0.1) is 0 Å². The van der Waals surface area contributed by atoms with Crippen LogP contribution in [0.25, 0.3) is 17.4 Å². The second-order valence-corrected chi connectivity index (χ2v) is 3.72. The number of hydrogen-bond acceptors (Lipinski definition) is 5. The lowest BCUT2D eigenvalue weighted by Gasteiger charge is -1.97. The van der Waals surface area contributed by atoms with E-state index >= 15 is 0 Å². The zero-order valence-electron chi connectivity index (χ0n) is 9.82. The van der Waals surface area contributed by atoms with Crippen LogP contribution in [-0.2, 0) is 6.42 Å². The van der Waals surface area contributed by atoms with E-state index in [-0.39, 0.29) is 0 Å². The van der Waals surface area contributed by atoms with Crippen molar-refractivity contribution in [3.05, 3.63) is 42.7 Å². The molecule has 0 aromatic carbocycles. The largest absolute Gasteiger partial charge is 0.332 e. The second-order valence-electron chi connectivity index (χ2n) is 3.72. The van der Waals surface area contributed by atoms with Crippen LogP contribution in [0.1, 0.15) is 12.7 Å². The zero-order valence-corrected chi connectivity index (χ0v) is 9.82. The maximum Gasteiger partial charge on any atom is 0.278 e. The van der Waals surface area contributed by atoms with Gasteiger partial charge in [-0.25, -0.2) is 9.97 Å². The number of hydrogen-bond donors (Lipinski definition) is 0. The molecule has 0 aliphatic carbocycles. The molecule has 0 radical (unpaired) electrons. The molecule has 3 aromatic heterocycles. The van der Waals surface area contributed by atoms with Crippen molar-refractivity contribution in [3.8, 4) is 17.4 Å². The first-order chi connectivity index (χ1) is 8.86. The maximum atomic E-state index is 5.13. The van der Waals surface area contributed by atoms with E-state index in [2.05, 4.69) is 20.1 Å². The maximum absolute atomic E-state index is 5.13. The molecule has 90 valence electrons. The molecule has 0 saturated heterocycles. The first-order valence-electron chi connectivity index (χ1n) is 5.65. The Hall–Kier alpha value is -2.50. The van der Waals surface area contributed by atoms with Gasteiger partial charge < -0.3 is 4.52 Å². The Morgan fingerprint density at radius 1 is 1.28 bits per heavy atom. The van der Waals surface area contributed by atoms with Gasteiger partial charge in [0.1, 0.15) is 17.8 Å². The highest BCUT2D eigenvalue weighted by molar-refractivity contribution is 5.45. The highest BCUT2D eigenvalue weighted by atomic mass is 16.5. The summed E-state index contributed by atoms with van der Waals surface area (Å²) in [6, 6.07) is 5.69. The fourth-order valence-corrected chi connectivity index (χ4v) is 1.57.